The Morgan fingerprint density at radius 3 is 2.39 bits per heavy atom. The van der Waals surface area contributed by atoms with Crippen molar-refractivity contribution in [3.8, 4) is 17.6 Å². The first-order chi connectivity index (χ1) is 8.60. The van der Waals surface area contributed by atoms with E-state index in [4.69, 9.17) is 10.00 Å². The number of hydrogen-bond donors (Lipinski definition) is 0. The van der Waals surface area contributed by atoms with Crippen LogP contribution in [0.1, 0.15) is 11.3 Å². The van der Waals surface area contributed by atoms with Gasteiger partial charge in [-0.25, -0.2) is 8.78 Å². The third-order valence-corrected chi connectivity index (χ3v) is 2.23. The predicted molar refractivity (Wildman–Crippen MR) is 60.1 cm³/mol. The molecule has 90 valence electrons. The minimum Gasteiger partial charge on any atom is -0.450 e. The first kappa shape index (κ1) is 12.0. The highest BCUT2D eigenvalue weighted by molar-refractivity contribution is 5.39. The van der Waals surface area contributed by atoms with Crippen LogP contribution in [0, 0.1) is 29.9 Å². The van der Waals surface area contributed by atoms with Gasteiger partial charge in [0.05, 0.1) is 17.8 Å². The highest BCUT2D eigenvalue weighted by atomic mass is 19.1. The summed E-state index contributed by atoms with van der Waals surface area (Å²) in [5.74, 6) is -2.16. The van der Waals surface area contributed by atoms with E-state index in [1.54, 1.807) is 25.1 Å². The van der Waals surface area contributed by atoms with Crippen LogP contribution < -0.4 is 4.74 Å². The van der Waals surface area contributed by atoms with Gasteiger partial charge in [-0.05, 0) is 31.2 Å². The van der Waals surface area contributed by atoms with E-state index in [0.29, 0.717) is 0 Å². The molecule has 0 unspecified atom stereocenters. The number of nitrogens with zero attached hydrogens (tertiary/aromatic N) is 2. The minimum atomic E-state index is -0.924. The van der Waals surface area contributed by atoms with E-state index in [-0.39, 0.29) is 11.3 Å². The van der Waals surface area contributed by atoms with E-state index < -0.39 is 17.4 Å². The van der Waals surface area contributed by atoms with Gasteiger partial charge in [0.2, 0.25) is 0 Å². The molecular formula is C13H8F2N2O. The van der Waals surface area contributed by atoms with Gasteiger partial charge < -0.3 is 4.74 Å². The monoisotopic (exact) mass is 246 g/mol. The Morgan fingerprint density at radius 2 is 1.89 bits per heavy atom. The zero-order chi connectivity index (χ0) is 13.1. The second-order valence-corrected chi connectivity index (χ2v) is 3.62. The first-order valence-electron chi connectivity index (χ1n) is 5.10. The topological polar surface area (TPSA) is 45.9 Å². The van der Waals surface area contributed by atoms with Gasteiger partial charge in [0.15, 0.2) is 17.4 Å². The predicted octanol–water partition coefficient (Wildman–Crippen LogP) is 3.33. The number of benzene rings is 1. The highest BCUT2D eigenvalue weighted by Gasteiger charge is 2.13. The van der Waals surface area contributed by atoms with Crippen molar-refractivity contribution < 1.29 is 13.5 Å². The van der Waals surface area contributed by atoms with E-state index in [0.717, 1.165) is 17.8 Å². The smallest absolute Gasteiger partial charge is 0.198 e. The summed E-state index contributed by atoms with van der Waals surface area (Å²) in [5, 5.41) is 8.56. The summed E-state index contributed by atoms with van der Waals surface area (Å²) in [6.07, 6.45) is 1.37. The zero-order valence-corrected chi connectivity index (χ0v) is 9.45. The summed E-state index contributed by atoms with van der Waals surface area (Å²) < 4.78 is 32.1. The van der Waals surface area contributed by atoms with Crippen LogP contribution in [0.25, 0.3) is 0 Å². The molecule has 0 spiro atoms. The van der Waals surface area contributed by atoms with Crippen molar-refractivity contribution in [2.24, 2.45) is 0 Å². The second-order valence-electron chi connectivity index (χ2n) is 3.62. The molecule has 0 atom stereocenters. The van der Waals surface area contributed by atoms with Crippen LogP contribution in [-0.2, 0) is 0 Å². The Morgan fingerprint density at radius 1 is 1.22 bits per heavy atom. The molecule has 3 nitrogen and oxygen atoms in total. The van der Waals surface area contributed by atoms with Crippen molar-refractivity contribution in [1.82, 2.24) is 4.98 Å². The fraction of sp³-hybridized carbons (Fsp3) is 0.0769. The number of rotatable bonds is 2. The van der Waals surface area contributed by atoms with Crippen LogP contribution in [0.2, 0.25) is 0 Å². The van der Waals surface area contributed by atoms with Crippen molar-refractivity contribution in [2.75, 3.05) is 0 Å². The number of pyridine rings is 1. The number of nitriles is 1. The van der Waals surface area contributed by atoms with Gasteiger partial charge in [-0.1, -0.05) is 0 Å². The molecule has 0 amide bonds. The van der Waals surface area contributed by atoms with Crippen LogP contribution in [0.15, 0.2) is 30.5 Å². The Hall–Kier alpha value is -2.48. The van der Waals surface area contributed by atoms with E-state index in [1.165, 1.54) is 6.20 Å². The molecule has 1 aromatic heterocycles. The van der Waals surface area contributed by atoms with Gasteiger partial charge in [-0.2, -0.15) is 5.26 Å². The lowest BCUT2D eigenvalue weighted by Gasteiger charge is -2.07. The van der Waals surface area contributed by atoms with Crippen LogP contribution in [0.5, 0.6) is 11.5 Å². The number of ether oxygens (including phenoxy) is 1. The quantitative estimate of drug-likeness (QED) is 0.816. The molecule has 0 aliphatic carbocycles. The van der Waals surface area contributed by atoms with Crippen LogP contribution in [0.4, 0.5) is 8.78 Å². The molecule has 0 radical (unpaired) electrons. The maximum Gasteiger partial charge on any atom is 0.198 e. The van der Waals surface area contributed by atoms with Crippen LogP contribution >= 0.6 is 0 Å². The molecule has 1 aromatic carbocycles. The van der Waals surface area contributed by atoms with Crippen LogP contribution in [0.3, 0.4) is 0 Å². The Labute approximate surface area is 102 Å². The largest absolute Gasteiger partial charge is 0.450 e. The zero-order valence-electron chi connectivity index (χ0n) is 9.45. The van der Waals surface area contributed by atoms with Gasteiger partial charge in [0, 0.05) is 5.69 Å². The molecule has 0 aliphatic rings. The number of aromatic nitrogens is 1. The van der Waals surface area contributed by atoms with Gasteiger partial charge >= 0.3 is 0 Å². The normalized spacial score (nSPS) is 9.89. The van der Waals surface area contributed by atoms with Crippen LogP contribution in [-0.4, -0.2) is 4.98 Å². The lowest BCUT2D eigenvalue weighted by Crippen LogP contribution is -1.95. The third kappa shape index (κ3) is 2.43. The summed E-state index contributed by atoms with van der Waals surface area (Å²) in [5.41, 5.74) is 0.669. The molecule has 0 aliphatic heterocycles. The second kappa shape index (κ2) is 4.80. The average Bonchev–Trinajstić information content (AvgIpc) is 2.35. The minimum absolute atomic E-state index is 0.0978. The molecular weight excluding hydrogens is 238 g/mol. The molecule has 2 rings (SSSR count). The maximum absolute atomic E-state index is 13.5. The number of hydrogen-bond acceptors (Lipinski definition) is 3. The average molecular weight is 246 g/mol. The molecule has 0 saturated carbocycles. The summed E-state index contributed by atoms with van der Waals surface area (Å²) in [6, 6.07) is 6.71. The Balaban J connectivity index is 2.35. The van der Waals surface area contributed by atoms with E-state index >= 15 is 0 Å². The van der Waals surface area contributed by atoms with Gasteiger partial charge in [-0.3, -0.25) is 4.98 Å². The van der Waals surface area contributed by atoms with Crippen molar-refractivity contribution in [3.05, 3.63) is 53.4 Å². The fourth-order valence-corrected chi connectivity index (χ4v) is 1.35. The molecule has 0 N–H and O–H groups in total. The Kier molecular flexibility index (Phi) is 3.20. The fourth-order valence-electron chi connectivity index (χ4n) is 1.35. The summed E-state index contributed by atoms with van der Waals surface area (Å²) in [4.78, 5) is 3.95. The summed E-state index contributed by atoms with van der Waals surface area (Å²) in [6.45, 7) is 1.78. The molecule has 0 fully saturated rings. The molecule has 0 saturated heterocycles. The molecule has 5 heteroatoms. The van der Waals surface area contributed by atoms with E-state index in [9.17, 15) is 8.78 Å². The highest BCUT2D eigenvalue weighted by Crippen LogP contribution is 2.28. The molecule has 1 heterocycles. The number of halogens is 2. The molecule has 2 aromatic rings. The Bertz CT molecular complexity index is 595. The standard InChI is InChI=1S/C13H8F2N2O/c1-8-2-3-10(7-17-8)18-13-11(14)4-9(6-16)5-12(13)15/h2-5,7H,1H3. The van der Waals surface area contributed by atoms with Gasteiger partial charge in [0.25, 0.3) is 0 Å². The summed E-state index contributed by atoms with van der Waals surface area (Å²) >= 11 is 0. The van der Waals surface area contributed by atoms with Crippen molar-refractivity contribution >= 4 is 0 Å². The van der Waals surface area contributed by atoms with E-state index in [2.05, 4.69) is 4.98 Å². The lowest BCUT2D eigenvalue weighted by atomic mass is 10.2. The SMILES string of the molecule is Cc1ccc(Oc2c(F)cc(C#N)cc2F)cn1. The van der Waals surface area contributed by atoms with E-state index in [1.807, 2.05) is 0 Å². The van der Waals surface area contributed by atoms with Gasteiger partial charge in [-0.15, -0.1) is 0 Å². The van der Waals surface area contributed by atoms with Gasteiger partial charge in [0.1, 0.15) is 5.75 Å². The molecule has 18 heavy (non-hydrogen) atoms. The van der Waals surface area contributed by atoms with Crippen molar-refractivity contribution in [2.45, 2.75) is 6.92 Å². The molecule has 0 bridgehead atoms. The summed E-state index contributed by atoms with van der Waals surface area (Å²) in [7, 11) is 0. The van der Waals surface area contributed by atoms with Crippen molar-refractivity contribution in [1.29, 1.82) is 5.26 Å². The number of aryl methyl sites for hydroxylation is 1. The van der Waals surface area contributed by atoms with Crippen molar-refractivity contribution in [3.63, 3.8) is 0 Å². The lowest BCUT2D eigenvalue weighted by molar-refractivity contribution is 0.406. The third-order valence-electron chi connectivity index (χ3n) is 2.23. The maximum atomic E-state index is 13.5. The first-order valence-corrected chi connectivity index (χ1v) is 5.10.